The molecule has 4 fully saturated rings. The van der Waals surface area contributed by atoms with Gasteiger partial charge in [0.2, 0.25) is 5.95 Å². The number of piperidine rings is 1. The Bertz CT molecular complexity index is 1650. The highest BCUT2D eigenvalue weighted by atomic mass is 19.4. The highest BCUT2D eigenvalue weighted by Crippen LogP contribution is 2.40. The number of aliphatic hydroxyl groups is 2. The predicted molar refractivity (Wildman–Crippen MR) is 174 cm³/mol. The van der Waals surface area contributed by atoms with Crippen LogP contribution in [-0.4, -0.2) is 105 Å². The van der Waals surface area contributed by atoms with E-state index in [1.54, 1.807) is 29.2 Å². The molecule has 1 aromatic carbocycles. The second-order valence-electron chi connectivity index (χ2n) is 13.5. The molecule has 15 heteroatoms. The zero-order valence-electron chi connectivity index (χ0n) is 27.4. The smallest absolute Gasteiger partial charge is 0.423 e. The summed E-state index contributed by atoms with van der Waals surface area (Å²) in [5.41, 5.74) is -0.959. The number of anilines is 2. The lowest BCUT2D eigenvalue weighted by Gasteiger charge is -2.41. The molecule has 0 radical (unpaired) electrons. The van der Waals surface area contributed by atoms with E-state index >= 15 is 0 Å². The van der Waals surface area contributed by atoms with Crippen LogP contribution >= 0.6 is 0 Å². The first-order valence-electron chi connectivity index (χ1n) is 17.0. The zero-order valence-corrected chi connectivity index (χ0v) is 27.4. The number of nitrogens with zero attached hydrogens (tertiary/aromatic N) is 7. The maximum atomic E-state index is 14.4. The van der Waals surface area contributed by atoms with Crippen LogP contribution in [0.3, 0.4) is 0 Å². The Labute approximate surface area is 282 Å². The fourth-order valence-corrected chi connectivity index (χ4v) is 7.45. The number of rotatable bonds is 10. The summed E-state index contributed by atoms with van der Waals surface area (Å²) < 4.78 is 55.4. The number of alkyl halides is 3. The Morgan fingerprint density at radius 2 is 1.71 bits per heavy atom. The van der Waals surface area contributed by atoms with Crippen molar-refractivity contribution in [3.63, 3.8) is 0 Å². The number of methoxy groups -OCH3 is 1. The van der Waals surface area contributed by atoms with Crippen LogP contribution in [0.2, 0.25) is 0 Å². The Morgan fingerprint density at radius 3 is 2.39 bits per heavy atom. The molecule has 0 bridgehead atoms. The Morgan fingerprint density at radius 1 is 0.959 bits per heavy atom. The molecule has 0 unspecified atom stereocenters. The van der Waals surface area contributed by atoms with Crippen molar-refractivity contribution in [2.24, 2.45) is 0 Å². The first-order chi connectivity index (χ1) is 23.6. The molecule has 3 aromatic rings. The van der Waals surface area contributed by atoms with Gasteiger partial charge in [0, 0.05) is 44.6 Å². The molecule has 1 saturated carbocycles. The molecule has 5 atom stereocenters. The molecular weight excluding hydrogens is 643 g/mol. The lowest BCUT2D eigenvalue weighted by Crippen LogP contribution is -2.56. The van der Waals surface area contributed by atoms with Gasteiger partial charge in [-0.15, -0.1) is 0 Å². The highest BCUT2D eigenvalue weighted by Gasteiger charge is 2.44. The van der Waals surface area contributed by atoms with E-state index in [1.165, 1.54) is 20.0 Å². The van der Waals surface area contributed by atoms with Crippen molar-refractivity contribution in [1.29, 1.82) is 0 Å². The largest absolute Gasteiger partial charge is 0.497 e. The van der Waals surface area contributed by atoms with Gasteiger partial charge in [0.05, 0.1) is 50.4 Å². The molecule has 4 aliphatic rings. The van der Waals surface area contributed by atoms with E-state index in [9.17, 15) is 28.2 Å². The summed E-state index contributed by atoms with van der Waals surface area (Å²) in [6.45, 7) is 1.76. The SMILES string of the molecule is COc1ccc(Cn2ncc(N3CCC[C@H]3CO[C@@H]3CCN([C@@H]4CCN(c5ncc(C6CC6)cn5)C[C@H]4O)[C@@H]3O)c(C(F)(F)F)c2=O)cc1. The van der Waals surface area contributed by atoms with E-state index in [-0.39, 0.29) is 24.9 Å². The molecule has 0 spiro atoms. The molecule has 49 heavy (non-hydrogen) atoms. The lowest BCUT2D eigenvalue weighted by atomic mass is 10.0. The van der Waals surface area contributed by atoms with Crippen molar-refractivity contribution in [1.82, 2.24) is 24.6 Å². The van der Waals surface area contributed by atoms with Crippen LogP contribution in [0.5, 0.6) is 5.75 Å². The standard InChI is InChI=1S/C34H42F3N7O5/c1-48-25-8-4-21(5-9-25)18-44-32(47)30(34(35,36)37)27(17-40-44)42-12-2-3-24(42)20-49-29-11-14-43(31(29)46)26-10-13-41(19-28(26)45)33-38-15-23(16-39-33)22-6-7-22/h4-5,8-9,15-17,22,24,26,28-29,31,45-46H,2-3,6-7,10-14,18-20H2,1H3/t24-,26+,28+,29+,31+/m0/s1. The summed E-state index contributed by atoms with van der Waals surface area (Å²) >= 11 is 0. The second kappa shape index (κ2) is 13.8. The molecule has 2 N–H and O–H groups in total. The molecule has 12 nitrogen and oxygen atoms in total. The minimum absolute atomic E-state index is 0.0803. The zero-order chi connectivity index (χ0) is 34.3. The molecule has 0 amide bonds. The van der Waals surface area contributed by atoms with Crippen molar-refractivity contribution < 1.29 is 32.9 Å². The molecule has 1 aliphatic carbocycles. The number of ether oxygens (including phenoxy) is 2. The minimum Gasteiger partial charge on any atom is -0.497 e. The molecular formula is C34H42F3N7O5. The van der Waals surface area contributed by atoms with Crippen molar-refractivity contribution in [2.75, 3.05) is 49.7 Å². The molecule has 7 rings (SSSR count). The average molecular weight is 686 g/mol. The monoisotopic (exact) mass is 685 g/mol. The normalized spacial score (nSPS) is 26.4. The van der Waals surface area contributed by atoms with Gasteiger partial charge in [0.15, 0.2) is 0 Å². The van der Waals surface area contributed by atoms with Crippen molar-refractivity contribution in [3.05, 3.63) is 69.9 Å². The van der Waals surface area contributed by atoms with Gasteiger partial charge in [0.25, 0.3) is 5.56 Å². The van der Waals surface area contributed by atoms with Crippen LogP contribution in [0.1, 0.15) is 61.1 Å². The maximum Gasteiger partial charge on any atom is 0.423 e. The Balaban J connectivity index is 0.978. The predicted octanol–water partition coefficient (Wildman–Crippen LogP) is 3.00. The number of halogens is 3. The van der Waals surface area contributed by atoms with E-state index in [4.69, 9.17) is 9.47 Å². The second-order valence-corrected chi connectivity index (χ2v) is 13.5. The first-order valence-corrected chi connectivity index (χ1v) is 17.0. The van der Waals surface area contributed by atoms with E-state index in [0.717, 1.165) is 16.4 Å². The topological polar surface area (TPSA) is 129 Å². The number of hydrogen-bond donors (Lipinski definition) is 2. The van der Waals surface area contributed by atoms with Crippen LogP contribution in [0.25, 0.3) is 0 Å². The van der Waals surface area contributed by atoms with Gasteiger partial charge in [-0.05, 0) is 67.7 Å². The summed E-state index contributed by atoms with van der Waals surface area (Å²) in [6.07, 6.45) is 2.36. The third-order valence-electron chi connectivity index (χ3n) is 10.3. The van der Waals surface area contributed by atoms with Gasteiger partial charge in [-0.3, -0.25) is 9.69 Å². The molecule has 2 aromatic heterocycles. The highest BCUT2D eigenvalue weighted by molar-refractivity contribution is 5.54. The summed E-state index contributed by atoms with van der Waals surface area (Å²) in [5, 5.41) is 26.5. The fraction of sp³-hybridized carbons (Fsp3) is 0.588. The van der Waals surface area contributed by atoms with E-state index in [1.807, 2.05) is 22.2 Å². The minimum atomic E-state index is -4.89. The number of aromatic nitrogens is 4. The van der Waals surface area contributed by atoms with Gasteiger partial charge in [-0.2, -0.15) is 18.3 Å². The molecule has 264 valence electrons. The molecule has 3 saturated heterocycles. The number of benzene rings is 1. The summed E-state index contributed by atoms with van der Waals surface area (Å²) in [6, 6.07) is 5.98. The van der Waals surface area contributed by atoms with E-state index < -0.39 is 41.8 Å². The van der Waals surface area contributed by atoms with E-state index in [2.05, 4.69) is 15.1 Å². The number of likely N-dealkylation sites (tertiary alicyclic amines) is 1. The van der Waals surface area contributed by atoms with Gasteiger partial charge in [-0.1, -0.05) is 12.1 Å². The number of hydrogen-bond acceptors (Lipinski definition) is 11. The van der Waals surface area contributed by atoms with Gasteiger partial charge in [0.1, 0.15) is 17.5 Å². The quantitative estimate of drug-likeness (QED) is 0.327. The van der Waals surface area contributed by atoms with Gasteiger partial charge in [-0.25, -0.2) is 14.6 Å². The summed E-state index contributed by atoms with van der Waals surface area (Å²) in [5.74, 6) is 1.75. The third-order valence-corrected chi connectivity index (χ3v) is 10.3. The molecule has 5 heterocycles. The Hall–Kier alpha value is -3.79. The van der Waals surface area contributed by atoms with Crippen LogP contribution < -0.4 is 20.1 Å². The maximum absolute atomic E-state index is 14.4. The van der Waals surface area contributed by atoms with Gasteiger partial charge >= 0.3 is 6.18 Å². The van der Waals surface area contributed by atoms with Crippen LogP contribution in [0, 0.1) is 0 Å². The van der Waals surface area contributed by atoms with Crippen molar-refractivity contribution in [2.45, 2.75) is 87.7 Å². The van der Waals surface area contributed by atoms with Crippen molar-refractivity contribution >= 4 is 11.6 Å². The third kappa shape index (κ3) is 7.12. The van der Waals surface area contributed by atoms with Gasteiger partial charge < -0.3 is 29.5 Å². The van der Waals surface area contributed by atoms with Crippen LogP contribution in [-0.2, 0) is 17.5 Å². The lowest BCUT2D eigenvalue weighted by molar-refractivity contribution is -0.138. The fourth-order valence-electron chi connectivity index (χ4n) is 7.45. The average Bonchev–Trinajstić information content (AvgIpc) is 3.73. The van der Waals surface area contributed by atoms with E-state index in [0.29, 0.717) is 75.0 Å². The number of aliphatic hydroxyl groups excluding tert-OH is 2. The van der Waals surface area contributed by atoms with Crippen LogP contribution in [0.4, 0.5) is 24.8 Å². The van der Waals surface area contributed by atoms with Crippen molar-refractivity contribution in [3.8, 4) is 5.75 Å². The molecule has 3 aliphatic heterocycles. The van der Waals surface area contributed by atoms with Crippen LogP contribution in [0.15, 0.2) is 47.7 Å². The number of β-amino-alcohol motifs (C(OH)–C–C–N with tert-alkyl or cyclic N) is 1. The Kier molecular flexibility index (Phi) is 9.52. The summed E-state index contributed by atoms with van der Waals surface area (Å²) in [4.78, 5) is 27.6. The first kappa shape index (κ1) is 33.7. The summed E-state index contributed by atoms with van der Waals surface area (Å²) in [7, 11) is 1.51.